The van der Waals surface area contributed by atoms with Crippen molar-refractivity contribution >= 4 is 23.4 Å². The van der Waals surface area contributed by atoms with Gasteiger partial charge in [-0.15, -0.1) is 11.8 Å². The van der Waals surface area contributed by atoms with Gasteiger partial charge in [0.1, 0.15) is 18.0 Å². The Morgan fingerprint density at radius 3 is 2.91 bits per heavy atom. The number of hydrogen-bond acceptors (Lipinski definition) is 6. The third-order valence-corrected chi connectivity index (χ3v) is 6.39. The number of hydrogen-bond donors (Lipinski definition) is 0. The highest BCUT2D eigenvalue weighted by Gasteiger charge is 2.50. The molecule has 1 atom stereocenters. The van der Waals surface area contributed by atoms with Crippen molar-refractivity contribution in [1.82, 2.24) is 9.97 Å². The molecular weight excluding hydrogens is 296 g/mol. The van der Waals surface area contributed by atoms with Gasteiger partial charge in [-0.2, -0.15) is 0 Å². The van der Waals surface area contributed by atoms with Crippen LogP contribution in [-0.2, 0) is 4.74 Å². The van der Waals surface area contributed by atoms with Gasteiger partial charge in [-0.1, -0.05) is 0 Å². The average Bonchev–Trinajstić information content (AvgIpc) is 3.21. The molecule has 3 aliphatic rings. The first-order valence-electron chi connectivity index (χ1n) is 8.13. The fraction of sp³-hybridized carbons (Fsp3) is 0.750. The van der Waals surface area contributed by atoms with Gasteiger partial charge >= 0.3 is 0 Å². The molecule has 4 rings (SSSR count). The Kier molecular flexibility index (Phi) is 3.69. The van der Waals surface area contributed by atoms with Crippen molar-refractivity contribution in [3.05, 3.63) is 12.4 Å². The molecule has 22 heavy (non-hydrogen) atoms. The summed E-state index contributed by atoms with van der Waals surface area (Å²) in [5.41, 5.74) is 0. The molecule has 1 spiro atoms. The maximum atomic E-state index is 6.08. The van der Waals surface area contributed by atoms with E-state index in [-0.39, 0.29) is 0 Å². The van der Waals surface area contributed by atoms with E-state index < -0.39 is 0 Å². The molecule has 0 unspecified atom stereocenters. The highest BCUT2D eigenvalue weighted by atomic mass is 32.2. The molecule has 2 saturated heterocycles. The lowest BCUT2D eigenvalue weighted by Crippen LogP contribution is -2.59. The van der Waals surface area contributed by atoms with Crippen LogP contribution in [0.5, 0.6) is 0 Å². The predicted octanol–water partition coefficient (Wildman–Crippen LogP) is 2.03. The number of thioether (sulfide) groups is 1. The van der Waals surface area contributed by atoms with Crippen molar-refractivity contribution in [2.75, 3.05) is 49.3 Å². The van der Waals surface area contributed by atoms with Crippen LogP contribution in [0.25, 0.3) is 0 Å². The molecule has 1 aromatic heterocycles. The van der Waals surface area contributed by atoms with Crippen molar-refractivity contribution in [2.24, 2.45) is 5.92 Å². The second-order valence-electron chi connectivity index (χ2n) is 7.08. The molecule has 0 amide bonds. The Labute approximate surface area is 136 Å². The summed E-state index contributed by atoms with van der Waals surface area (Å²) in [4.78, 5) is 13.1. The largest absolute Gasteiger partial charge is 0.377 e. The first-order valence-corrected chi connectivity index (χ1v) is 9.12. The summed E-state index contributed by atoms with van der Waals surface area (Å²) in [5, 5.41) is 0. The molecule has 0 N–H and O–H groups in total. The number of rotatable bonds is 5. The van der Waals surface area contributed by atoms with Gasteiger partial charge < -0.3 is 14.5 Å². The summed E-state index contributed by atoms with van der Waals surface area (Å²) in [7, 11) is 4.02. The van der Waals surface area contributed by atoms with Gasteiger partial charge in [-0.05, 0) is 25.2 Å². The third kappa shape index (κ3) is 2.91. The van der Waals surface area contributed by atoms with Crippen LogP contribution in [-0.4, -0.2) is 60.4 Å². The van der Waals surface area contributed by atoms with Crippen molar-refractivity contribution in [3.8, 4) is 0 Å². The smallest absolute Gasteiger partial charge is 0.134 e. The van der Waals surface area contributed by atoms with Gasteiger partial charge in [-0.25, -0.2) is 9.97 Å². The van der Waals surface area contributed by atoms with Gasteiger partial charge in [0.15, 0.2) is 0 Å². The van der Waals surface area contributed by atoms with Gasteiger partial charge in [0.2, 0.25) is 0 Å². The molecule has 1 aromatic rings. The zero-order chi connectivity index (χ0) is 15.2. The van der Waals surface area contributed by atoms with Crippen molar-refractivity contribution < 1.29 is 4.74 Å². The molecule has 0 bridgehead atoms. The molecular formula is C16H24N4OS. The summed E-state index contributed by atoms with van der Waals surface area (Å²) in [6.45, 7) is 3.17. The van der Waals surface area contributed by atoms with Crippen LogP contribution in [0.4, 0.5) is 11.6 Å². The van der Waals surface area contributed by atoms with Gasteiger partial charge in [-0.3, -0.25) is 0 Å². The Hall–Kier alpha value is -1.01. The molecule has 6 heteroatoms. The molecule has 1 saturated carbocycles. The lowest BCUT2D eigenvalue weighted by atomic mass is 9.93. The second-order valence-corrected chi connectivity index (χ2v) is 8.57. The number of ether oxygens (including phenoxy) is 1. The quantitative estimate of drug-likeness (QED) is 0.827. The monoisotopic (exact) mass is 320 g/mol. The van der Waals surface area contributed by atoms with Crippen LogP contribution in [0.1, 0.15) is 19.3 Å². The van der Waals surface area contributed by atoms with E-state index in [0.717, 1.165) is 43.0 Å². The van der Waals surface area contributed by atoms with E-state index in [1.807, 2.05) is 19.0 Å². The fourth-order valence-electron chi connectivity index (χ4n) is 3.25. The molecule has 120 valence electrons. The number of anilines is 2. The second kappa shape index (κ2) is 5.57. The molecule has 5 nitrogen and oxygen atoms in total. The highest BCUT2D eigenvalue weighted by molar-refractivity contribution is 8.01. The van der Waals surface area contributed by atoms with Crippen molar-refractivity contribution in [1.29, 1.82) is 0 Å². The number of aromatic nitrogens is 2. The normalized spacial score (nSPS) is 26.3. The Balaban J connectivity index is 1.32. The molecule has 1 aliphatic carbocycles. The molecule has 0 radical (unpaired) electrons. The van der Waals surface area contributed by atoms with E-state index in [2.05, 4.69) is 32.7 Å². The van der Waals surface area contributed by atoms with Crippen LogP contribution in [0.15, 0.2) is 12.4 Å². The Morgan fingerprint density at radius 1 is 1.36 bits per heavy atom. The summed E-state index contributed by atoms with van der Waals surface area (Å²) in [5.74, 6) is 4.04. The molecule has 0 aromatic carbocycles. The van der Waals surface area contributed by atoms with Gasteiger partial charge in [0.05, 0.1) is 10.9 Å². The standard InChI is InChI=1S/C16H24N4OS/c1-19(2)14-5-15(18-11-17-14)20-9-16(10-20)6-13(8-22-16)21-7-12-3-4-12/h5,11-13H,3-4,6-10H2,1-2H3/t13-/m1/s1. The maximum Gasteiger partial charge on any atom is 0.134 e. The SMILES string of the molecule is CN(C)c1cc(N2CC3(C[C@@H](OCC4CC4)CS3)C2)ncn1. The first kappa shape index (κ1) is 14.6. The van der Waals surface area contributed by atoms with Crippen LogP contribution >= 0.6 is 11.8 Å². The van der Waals surface area contributed by atoms with E-state index >= 15 is 0 Å². The van der Waals surface area contributed by atoms with Crippen molar-refractivity contribution in [2.45, 2.75) is 30.1 Å². The third-order valence-electron chi connectivity index (χ3n) is 4.82. The maximum absolute atomic E-state index is 6.08. The van der Waals surface area contributed by atoms with E-state index in [0.29, 0.717) is 10.9 Å². The Morgan fingerprint density at radius 2 is 2.18 bits per heavy atom. The van der Waals surface area contributed by atoms with Crippen LogP contribution < -0.4 is 9.80 Å². The molecule has 3 fully saturated rings. The van der Waals surface area contributed by atoms with E-state index in [1.165, 1.54) is 19.3 Å². The summed E-state index contributed by atoms with van der Waals surface area (Å²) >= 11 is 2.10. The molecule has 3 heterocycles. The van der Waals surface area contributed by atoms with E-state index in [4.69, 9.17) is 4.74 Å². The zero-order valence-electron chi connectivity index (χ0n) is 13.4. The van der Waals surface area contributed by atoms with Gasteiger partial charge in [0.25, 0.3) is 0 Å². The minimum atomic E-state index is 0.400. The summed E-state index contributed by atoms with van der Waals surface area (Å²) in [6.07, 6.45) is 6.09. The average molecular weight is 320 g/mol. The fourth-order valence-corrected chi connectivity index (χ4v) is 4.80. The van der Waals surface area contributed by atoms with E-state index in [1.54, 1.807) is 6.33 Å². The summed E-state index contributed by atoms with van der Waals surface area (Å²) in [6, 6.07) is 2.08. The minimum absolute atomic E-state index is 0.400. The lowest BCUT2D eigenvalue weighted by molar-refractivity contribution is 0.0529. The lowest BCUT2D eigenvalue weighted by Gasteiger charge is -2.48. The van der Waals surface area contributed by atoms with Gasteiger partial charge in [0, 0.05) is 45.6 Å². The van der Waals surface area contributed by atoms with Crippen LogP contribution in [0.2, 0.25) is 0 Å². The zero-order valence-corrected chi connectivity index (χ0v) is 14.2. The highest BCUT2D eigenvalue weighted by Crippen LogP contribution is 2.47. The van der Waals surface area contributed by atoms with Crippen LogP contribution in [0, 0.1) is 5.92 Å². The predicted molar refractivity (Wildman–Crippen MR) is 90.8 cm³/mol. The van der Waals surface area contributed by atoms with E-state index in [9.17, 15) is 0 Å². The first-order chi connectivity index (χ1) is 10.6. The Bertz CT molecular complexity index is 543. The number of nitrogens with zero attached hydrogens (tertiary/aromatic N) is 4. The van der Waals surface area contributed by atoms with Crippen molar-refractivity contribution in [3.63, 3.8) is 0 Å². The van der Waals surface area contributed by atoms with Crippen LogP contribution in [0.3, 0.4) is 0 Å². The molecule has 2 aliphatic heterocycles. The topological polar surface area (TPSA) is 41.5 Å². The summed E-state index contributed by atoms with van der Waals surface area (Å²) < 4.78 is 6.48. The minimum Gasteiger partial charge on any atom is -0.377 e.